The number of nitrogens with zero attached hydrogens (tertiary/aromatic N) is 2. The van der Waals surface area contributed by atoms with Gasteiger partial charge >= 0.3 is 0 Å². The van der Waals surface area contributed by atoms with E-state index in [1.165, 1.54) is 6.92 Å². The van der Waals surface area contributed by atoms with Crippen LogP contribution >= 0.6 is 0 Å². The second kappa shape index (κ2) is 8.13. The van der Waals surface area contributed by atoms with E-state index < -0.39 is 0 Å². The van der Waals surface area contributed by atoms with E-state index in [4.69, 9.17) is 9.72 Å². The Kier molecular flexibility index (Phi) is 5.22. The lowest BCUT2D eigenvalue weighted by atomic mass is 10.1. The number of para-hydroxylation sites is 1. The van der Waals surface area contributed by atoms with Gasteiger partial charge in [-0.1, -0.05) is 18.2 Å². The summed E-state index contributed by atoms with van der Waals surface area (Å²) < 4.78 is 7.23. The van der Waals surface area contributed by atoms with Gasteiger partial charge in [0.05, 0.1) is 12.8 Å². The van der Waals surface area contributed by atoms with E-state index in [-0.39, 0.29) is 11.7 Å². The van der Waals surface area contributed by atoms with Gasteiger partial charge in [0.25, 0.3) is 0 Å². The van der Waals surface area contributed by atoms with Gasteiger partial charge in [0, 0.05) is 35.6 Å². The Morgan fingerprint density at radius 2 is 1.77 bits per heavy atom. The van der Waals surface area contributed by atoms with E-state index in [9.17, 15) is 9.90 Å². The molecule has 1 amide bonds. The molecular weight excluding hydrogens is 378 g/mol. The van der Waals surface area contributed by atoms with Crippen molar-refractivity contribution in [1.29, 1.82) is 0 Å². The van der Waals surface area contributed by atoms with E-state index in [0.29, 0.717) is 16.9 Å². The molecule has 0 fully saturated rings. The molecule has 0 spiro atoms. The van der Waals surface area contributed by atoms with Crippen LogP contribution in [0.4, 0.5) is 5.69 Å². The third-order valence-corrected chi connectivity index (χ3v) is 4.68. The molecular formula is C24H21N3O3. The summed E-state index contributed by atoms with van der Waals surface area (Å²) in [7, 11) is 1.63. The number of ether oxygens (including phenoxy) is 1. The van der Waals surface area contributed by atoms with Crippen LogP contribution in [0.15, 0.2) is 79.0 Å². The van der Waals surface area contributed by atoms with Crippen molar-refractivity contribution < 1.29 is 14.6 Å². The van der Waals surface area contributed by atoms with Gasteiger partial charge in [-0.05, 0) is 54.6 Å². The number of aromatic hydroxyl groups is 1. The molecule has 0 saturated carbocycles. The molecule has 0 unspecified atom stereocenters. The molecule has 30 heavy (non-hydrogen) atoms. The summed E-state index contributed by atoms with van der Waals surface area (Å²) in [5.41, 5.74) is 3.57. The first kappa shape index (κ1) is 19.3. The number of rotatable bonds is 5. The molecule has 6 nitrogen and oxygen atoms in total. The van der Waals surface area contributed by atoms with Crippen LogP contribution < -0.4 is 10.1 Å². The molecule has 0 aliphatic carbocycles. The van der Waals surface area contributed by atoms with Gasteiger partial charge in [0.1, 0.15) is 17.3 Å². The lowest BCUT2D eigenvalue weighted by Crippen LogP contribution is -2.05. The van der Waals surface area contributed by atoms with Gasteiger partial charge < -0.3 is 15.2 Å². The highest BCUT2D eigenvalue weighted by atomic mass is 16.5. The highest BCUT2D eigenvalue weighted by Gasteiger charge is 2.16. The summed E-state index contributed by atoms with van der Waals surface area (Å²) in [6, 6.07) is 22.4. The van der Waals surface area contributed by atoms with Crippen LogP contribution in [-0.4, -0.2) is 27.7 Å². The molecule has 4 aromatic rings. The van der Waals surface area contributed by atoms with Crippen LogP contribution in [0.1, 0.15) is 6.92 Å². The highest BCUT2D eigenvalue weighted by molar-refractivity contribution is 5.90. The van der Waals surface area contributed by atoms with Crippen molar-refractivity contribution in [3.63, 3.8) is 0 Å². The zero-order valence-electron chi connectivity index (χ0n) is 16.7. The molecule has 0 bridgehead atoms. The summed E-state index contributed by atoms with van der Waals surface area (Å²) in [4.78, 5) is 16.2. The van der Waals surface area contributed by atoms with E-state index in [2.05, 4.69) is 5.32 Å². The first-order chi connectivity index (χ1) is 14.5. The van der Waals surface area contributed by atoms with E-state index in [0.717, 1.165) is 22.8 Å². The second-order valence-corrected chi connectivity index (χ2v) is 6.80. The number of benzene rings is 3. The maximum atomic E-state index is 11.4. The van der Waals surface area contributed by atoms with Crippen LogP contribution in [0.25, 0.3) is 28.3 Å². The van der Waals surface area contributed by atoms with Gasteiger partial charge in [-0.25, -0.2) is 4.98 Å². The smallest absolute Gasteiger partial charge is 0.221 e. The van der Waals surface area contributed by atoms with Crippen LogP contribution in [-0.2, 0) is 4.79 Å². The van der Waals surface area contributed by atoms with Crippen molar-refractivity contribution in [3.8, 4) is 39.8 Å². The number of hydrogen-bond donors (Lipinski definition) is 2. The van der Waals surface area contributed by atoms with Crippen molar-refractivity contribution in [2.45, 2.75) is 6.92 Å². The largest absolute Gasteiger partial charge is 0.507 e. The number of hydrogen-bond acceptors (Lipinski definition) is 4. The molecule has 0 radical (unpaired) electrons. The number of anilines is 1. The van der Waals surface area contributed by atoms with E-state index >= 15 is 0 Å². The Morgan fingerprint density at radius 1 is 1.03 bits per heavy atom. The third-order valence-electron chi connectivity index (χ3n) is 4.68. The fraction of sp³-hybridized carbons (Fsp3) is 0.0833. The van der Waals surface area contributed by atoms with Crippen molar-refractivity contribution in [1.82, 2.24) is 9.55 Å². The van der Waals surface area contributed by atoms with E-state index in [1.807, 2.05) is 65.4 Å². The summed E-state index contributed by atoms with van der Waals surface area (Å²) >= 11 is 0. The topological polar surface area (TPSA) is 76.4 Å². The minimum atomic E-state index is -0.180. The Balaban J connectivity index is 1.86. The standard InChI is InChI=1S/C24H21N3O3/c1-16(28)25-18-10-13-23(29)21(14-18)22-15-27(19-6-4-3-5-7-19)24(26-22)17-8-11-20(30-2)12-9-17/h3-15,29H,1-2H3,(H,25,28). The van der Waals surface area contributed by atoms with Gasteiger partial charge in [-0.2, -0.15) is 0 Å². The fourth-order valence-corrected chi connectivity index (χ4v) is 3.26. The van der Waals surface area contributed by atoms with Gasteiger partial charge in [0.2, 0.25) is 5.91 Å². The molecule has 0 aliphatic rings. The molecule has 6 heteroatoms. The summed E-state index contributed by atoms with van der Waals surface area (Å²) in [6.07, 6.45) is 1.88. The molecule has 3 aromatic carbocycles. The van der Waals surface area contributed by atoms with Crippen molar-refractivity contribution >= 4 is 11.6 Å². The number of nitrogens with one attached hydrogen (secondary N) is 1. The molecule has 1 heterocycles. The Hall–Kier alpha value is -4.06. The lowest BCUT2D eigenvalue weighted by Gasteiger charge is -2.08. The minimum Gasteiger partial charge on any atom is -0.507 e. The minimum absolute atomic E-state index is 0.0862. The first-order valence-corrected chi connectivity index (χ1v) is 9.45. The van der Waals surface area contributed by atoms with Gasteiger partial charge in [-0.3, -0.25) is 9.36 Å². The zero-order chi connectivity index (χ0) is 21.1. The average molecular weight is 399 g/mol. The Labute approximate surface area is 174 Å². The number of methoxy groups -OCH3 is 1. The van der Waals surface area contributed by atoms with Crippen molar-refractivity contribution in [2.24, 2.45) is 0 Å². The molecule has 1 aromatic heterocycles. The second-order valence-electron chi connectivity index (χ2n) is 6.80. The predicted molar refractivity (Wildman–Crippen MR) is 117 cm³/mol. The maximum Gasteiger partial charge on any atom is 0.221 e. The van der Waals surface area contributed by atoms with Crippen molar-refractivity contribution in [3.05, 3.63) is 79.0 Å². The number of imidazole rings is 1. The van der Waals surface area contributed by atoms with Crippen LogP contribution in [0.3, 0.4) is 0 Å². The highest BCUT2D eigenvalue weighted by Crippen LogP contribution is 2.34. The number of amides is 1. The summed E-state index contributed by atoms with van der Waals surface area (Å²) in [5.74, 6) is 1.39. The van der Waals surface area contributed by atoms with Crippen molar-refractivity contribution in [2.75, 3.05) is 12.4 Å². The fourth-order valence-electron chi connectivity index (χ4n) is 3.26. The van der Waals surface area contributed by atoms with Gasteiger partial charge in [0.15, 0.2) is 0 Å². The quantitative estimate of drug-likeness (QED) is 0.469. The molecule has 0 atom stereocenters. The first-order valence-electron chi connectivity index (χ1n) is 9.45. The van der Waals surface area contributed by atoms with Crippen LogP contribution in [0.5, 0.6) is 11.5 Å². The van der Waals surface area contributed by atoms with Gasteiger partial charge in [-0.15, -0.1) is 0 Å². The summed E-state index contributed by atoms with van der Waals surface area (Å²) in [5, 5.41) is 13.2. The molecule has 4 rings (SSSR count). The number of carbonyl (C=O) groups is 1. The SMILES string of the molecule is COc1ccc(-c2nc(-c3cc(NC(C)=O)ccc3O)cn2-c2ccccc2)cc1. The lowest BCUT2D eigenvalue weighted by molar-refractivity contribution is -0.114. The number of phenolic OH excluding ortho intramolecular Hbond substituents is 1. The Morgan fingerprint density at radius 3 is 2.43 bits per heavy atom. The number of aromatic nitrogens is 2. The van der Waals surface area contributed by atoms with Crippen LogP contribution in [0, 0.1) is 0 Å². The third kappa shape index (κ3) is 3.89. The Bertz CT molecular complexity index is 1180. The monoisotopic (exact) mass is 399 g/mol. The average Bonchev–Trinajstić information content (AvgIpc) is 3.20. The predicted octanol–water partition coefficient (Wildman–Crippen LogP) is 4.88. The zero-order valence-corrected chi connectivity index (χ0v) is 16.7. The molecule has 0 saturated heterocycles. The normalized spacial score (nSPS) is 10.6. The molecule has 150 valence electrons. The van der Waals surface area contributed by atoms with Crippen LogP contribution in [0.2, 0.25) is 0 Å². The molecule has 0 aliphatic heterocycles. The maximum absolute atomic E-state index is 11.4. The number of phenols is 1. The van der Waals surface area contributed by atoms with E-state index in [1.54, 1.807) is 25.3 Å². The number of carbonyl (C=O) groups excluding carboxylic acids is 1. The molecule has 2 N–H and O–H groups in total. The summed E-state index contributed by atoms with van der Waals surface area (Å²) in [6.45, 7) is 1.44.